The van der Waals surface area contributed by atoms with E-state index in [2.05, 4.69) is 4.74 Å². The molecule has 0 unspecified atom stereocenters. The van der Waals surface area contributed by atoms with Crippen LogP contribution in [-0.4, -0.2) is 19.2 Å². The van der Waals surface area contributed by atoms with Crippen molar-refractivity contribution in [3.8, 4) is 5.75 Å². The second-order valence-corrected chi connectivity index (χ2v) is 3.35. The number of esters is 1. The Morgan fingerprint density at radius 2 is 2.18 bits per heavy atom. The number of benzene rings is 1. The molecule has 0 saturated heterocycles. The summed E-state index contributed by atoms with van der Waals surface area (Å²) < 4.78 is 33.0. The lowest BCUT2D eigenvalue weighted by atomic mass is 10.2. The fourth-order valence-corrected chi connectivity index (χ4v) is 1.29. The van der Waals surface area contributed by atoms with Gasteiger partial charge in [0.1, 0.15) is 10.8 Å². The lowest BCUT2D eigenvalue weighted by Gasteiger charge is -2.10. The largest absolute Gasteiger partial charge is 0.462 e. The molecule has 94 valence electrons. The van der Waals surface area contributed by atoms with E-state index in [1.54, 1.807) is 6.92 Å². The summed E-state index contributed by atoms with van der Waals surface area (Å²) in [6, 6.07) is 2.29. The van der Waals surface area contributed by atoms with Crippen LogP contribution in [-0.2, 0) is 4.74 Å². The summed E-state index contributed by atoms with van der Waals surface area (Å²) in [4.78, 5) is 11.4. The average Bonchev–Trinajstić information content (AvgIpc) is 2.24. The molecule has 0 bridgehead atoms. The van der Waals surface area contributed by atoms with Crippen molar-refractivity contribution in [2.75, 3.05) is 12.3 Å². The van der Waals surface area contributed by atoms with E-state index >= 15 is 0 Å². The van der Waals surface area contributed by atoms with Gasteiger partial charge in [-0.05, 0) is 19.1 Å². The first-order valence-corrected chi connectivity index (χ1v) is 5.04. The smallest absolute Gasteiger partial charge is 0.387 e. The number of carbonyl (C=O) groups excluding carboxylic acids is 1. The van der Waals surface area contributed by atoms with Crippen LogP contribution in [0.15, 0.2) is 12.1 Å². The van der Waals surface area contributed by atoms with Crippen molar-refractivity contribution < 1.29 is 23.0 Å². The highest BCUT2D eigenvalue weighted by Crippen LogP contribution is 2.33. The third kappa shape index (κ3) is 3.45. The number of anilines is 1. The van der Waals surface area contributed by atoms with Crippen LogP contribution in [0, 0.1) is 0 Å². The lowest BCUT2D eigenvalue weighted by Crippen LogP contribution is -2.08. The number of hydrogen-bond donors (Lipinski definition) is 1. The Kier molecular flexibility index (Phi) is 4.51. The minimum Gasteiger partial charge on any atom is -0.462 e. The lowest BCUT2D eigenvalue weighted by molar-refractivity contribution is -0.0498. The Balaban J connectivity index is 3.09. The van der Waals surface area contributed by atoms with Crippen molar-refractivity contribution in [2.24, 2.45) is 0 Å². The molecule has 7 heteroatoms. The minimum absolute atomic E-state index is 0.00407. The third-order valence-electron chi connectivity index (χ3n) is 1.79. The quantitative estimate of drug-likeness (QED) is 0.672. The summed E-state index contributed by atoms with van der Waals surface area (Å²) >= 11 is 5.66. The second-order valence-electron chi connectivity index (χ2n) is 2.98. The summed E-state index contributed by atoms with van der Waals surface area (Å²) in [6.45, 7) is -1.27. The molecule has 1 aromatic rings. The first-order valence-electron chi connectivity index (χ1n) is 4.66. The Morgan fingerprint density at radius 1 is 1.53 bits per heavy atom. The van der Waals surface area contributed by atoms with E-state index in [9.17, 15) is 13.6 Å². The Morgan fingerprint density at radius 3 is 2.71 bits per heavy atom. The minimum atomic E-state index is -3.05. The first-order chi connectivity index (χ1) is 7.95. The molecule has 0 aliphatic heterocycles. The summed E-state index contributed by atoms with van der Waals surface area (Å²) in [6.07, 6.45) is 0. The van der Waals surface area contributed by atoms with E-state index in [1.165, 1.54) is 6.07 Å². The molecular weight excluding hydrogens is 256 g/mol. The summed E-state index contributed by atoms with van der Waals surface area (Å²) in [5.74, 6) is -1.04. The molecule has 0 aromatic heterocycles. The van der Waals surface area contributed by atoms with E-state index < -0.39 is 12.6 Å². The van der Waals surface area contributed by atoms with E-state index in [1.807, 2.05) is 0 Å². The van der Waals surface area contributed by atoms with Gasteiger partial charge in [-0.25, -0.2) is 4.79 Å². The number of nitrogen functional groups attached to an aromatic ring is 1. The fraction of sp³-hybridized carbons (Fsp3) is 0.300. The molecule has 0 fully saturated rings. The predicted molar refractivity (Wildman–Crippen MR) is 58.5 cm³/mol. The average molecular weight is 266 g/mol. The van der Waals surface area contributed by atoms with Crippen molar-refractivity contribution in [3.63, 3.8) is 0 Å². The van der Waals surface area contributed by atoms with Crippen LogP contribution >= 0.6 is 11.6 Å². The molecule has 0 atom stereocenters. The summed E-state index contributed by atoms with van der Waals surface area (Å²) in [5, 5.41) is -0.168. The monoisotopic (exact) mass is 265 g/mol. The third-order valence-corrected chi connectivity index (χ3v) is 2.20. The first kappa shape index (κ1) is 13.5. The van der Waals surface area contributed by atoms with Gasteiger partial charge in [0.25, 0.3) is 0 Å². The summed E-state index contributed by atoms with van der Waals surface area (Å²) in [5.41, 5.74) is 5.44. The predicted octanol–water partition coefficient (Wildman–Crippen LogP) is 2.70. The zero-order chi connectivity index (χ0) is 13.0. The molecule has 0 aliphatic rings. The van der Waals surface area contributed by atoms with Gasteiger partial charge >= 0.3 is 12.6 Å². The standard InChI is InChI=1S/C10H10ClF2NO3/c1-2-16-9(15)5-3-6(14)8(11)7(4-5)17-10(12)13/h3-4,10H,2,14H2,1H3. The van der Waals surface area contributed by atoms with Gasteiger partial charge in [-0.3, -0.25) is 0 Å². The molecular formula is C10H10ClF2NO3. The van der Waals surface area contributed by atoms with Gasteiger partial charge in [0.05, 0.1) is 17.9 Å². The fourth-order valence-electron chi connectivity index (χ4n) is 1.13. The number of rotatable bonds is 4. The SMILES string of the molecule is CCOC(=O)c1cc(N)c(Cl)c(OC(F)F)c1. The van der Waals surface area contributed by atoms with E-state index in [0.717, 1.165) is 6.07 Å². The van der Waals surface area contributed by atoms with Crippen molar-refractivity contribution in [2.45, 2.75) is 13.5 Å². The number of hydrogen-bond acceptors (Lipinski definition) is 4. The Bertz CT molecular complexity index is 426. The Hall–Kier alpha value is -1.56. The molecule has 0 saturated carbocycles. The van der Waals surface area contributed by atoms with Gasteiger partial charge in [-0.2, -0.15) is 8.78 Å². The highest BCUT2D eigenvalue weighted by Gasteiger charge is 2.16. The van der Waals surface area contributed by atoms with Crippen LogP contribution in [0.5, 0.6) is 5.75 Å². The molecule has 0 amide bonds. The highest BCUT2D eigenvalue weighted by molar-refractivity contribution is 6.34. The molecule has 1 rings (SSSR count). The maximum atomic E-state index is 12.1. The van der Waals surface area contributed by atoms with Crippen molar-refractivity contribution in [1.29, 1.82) is 0 Å². The maximum absolute atomic E-state index is 12.1. The van der Waals surface area contributed by atoms with Crippen LogP contribution in [0.4, 0.5) is 14.5 Å². The number of ether oxygens (including phenoxy) is 2. The number of carbonyl (C=O) groups is 1. The van der Waals surface area contributed by atoms with Crippen molar-refractivity contribution >= 4 is 23.3 Å². The molecule has 0 radical (unpaired) electrons. The Labute approximate surface area is 101 Å². The molecule has 0 aliphatic carbocycles. The van der Waals surface area contributed by atoms with Gasteiger partial charge in [-0.15, -0.1) is 0 Å². The van der Waals surface area contributed by atoms with Crippen LogP contribution in [0.3, 0.4) is 0 Å². The normalized spacial score (nSPS) is 10.4. The molecule has 17 heavy (non-hydrogen) atoms. The van der Waals surface area contributed by atoms with Crippen molar-refractivity contribution in [3.05, 3.63) is 22.7 Å². The van der Waals surface area contributed by atoms with Gasteiger partial charge < -0.3 is 15.2 Å². The van der Waals surface area contributed by atoms with Gasteiger partial charge in [0, 0.05) is 0 Å². The highest BCUT2D eigenvalue weighted by atomic mass is 35.5. The number of halogens is 3. The van der Waals surface area contributed by atoms with Crippen LogP contribution in [0.2, 0.25) is 5.02 Å². The van der Waals surface area contributed by atoms with Gasteiger partial charge in [-0.1, -0.05) is 11.6 Å². The van der Waals surface area contributed by atoms with Gasteiger partial charge in [0.15, 0.2) is 0 Å². The molecule has 1 aromatic carbocycles. The van der Waals surface area contributed by atoms with E-state index in [4.69, 9.17) is 22.1 Å². The van der Waals surface area contributed by atoms with E-state index in [0.29, 0.717) is 0 Å². The molecule has 0 spiro atoms. The van der Waals surface area contributed by atoms with Gasteiger partial charge in [0.2, 0.25) is 0 Å². The summed E-state index contributed by atoms with van der Waals surface area (Å²) in [7, 11) is 0. The second kappa shape index (κ2) is 5.67. The van der Waals surface area contributed by atoms with Crippen molar-refractivity contribution in [1.82, 2.24) is 0 Å². The maximum Gasteiger partial charge on any atom is 0.387 e. The van der Waals surface area contributed by atoms with E-state index in [-0.39, 0.29) is 28.6 Å². The molecule has 4 nitrogen and oxygen atoms in total. The zero-order valence-electron chi connectivity index (χ0n) is 8.88. The molecule has 2 N–H and O–H groups in total. The molecule has 0 heterocycles. The van der Waals surface area contributed by atoms with Crippen LogP contribution < -0.4 is 10.5 Å². The topological polar surface area (TPSA) is 61.5 Å². The zero-order valence-corrected chi connectivity index (χ0v) is 9.63. The van der Waals surface area contributed by atoms with Crippen LogP contribution in [0.1, 0.15) is 17.3 Å². The number of alkyl halides is 2. The van der Waals surface area contributed by atoms with Crippen LogP contribution in [0.25, 0.3) is 0 Å². The number of nitrogens with two attached hydrogens (primary N) is 1.